The van der Waals surface area contributed by atoms with Gasteiger partial charge in [0.25, 0.3) is 0 Å². The fraction of sp³-hybridized carbons (Fsp3) is 0.500. The third-order valence-corrected chi connectivity index (χ3v) is 5.33. The molecule has 2 aromatic rings. The van der Waals surface area contributed by atoms with Crippen LogP contribution in [0.2, 0.25) is 0 Å². The van der Waals surface area contributed by atoms with E-state index in [9.17, 15) is 0 Å². The first-order chi connectivity index (χ1) is 14.5. The third-order valence-electron chi connectivity index (χ3n) is 5.33. The Morgan fingerprint density at radius 1 is 1.19 bits per heavy atom. The minimum Gasteiger partial charge on any atom is -0.489 e. The van der Waals surface area contributed by atoms with Crippen LogP contribution in [0.15, 0.2) is 47.6 Å². The van der Waals surface area contributed by atoms with Gasteiger partial charge in [-0.15, -0.1) is 24.0 Å². The first-order valence-corrected chi connectivity index (χ1v) is 11.0. The Kier molecular flexibility index (Phi) is 10.4. The second-order valence-electron chi connectivity index (χ2n) is 8.01. The summed E-state index contributed by atoms with van der Waals surface area (Å²) in [6.07, 6.45) is 4.08. The molecule has 0 spiro atoms. The summed E-state index contributed by atoms with van der Waals surface area (Å²) >= 11 is 0. The minimum atomic E-state index is 0. The van der Waals surface area contributed by atoms with Crippen LogP contribution in [0.3, 0.4) is 0 Å². The second kappa shape index (κ2) is 12.7. The molecule has 0 bridgehead atoms. The Bertz CT molecular complexity index is 819. The van der Waals surface area contributed by atoms with Crippen LogP contribution < -0.4 is 20.3 Å². The average molecular weight is 537 g/mol. The number of ether oxygens (including phenoxy) is 1. The largest absolute Gasteiger partial charge is 0.489 e. The number of halogens is 1. The van der Waals surface area contributed by atoms with Crippen molar-refractivity contribution in [3.8, 4) is 5.75 Å². The van der Waals surface area contributed by atoms with Crippen LogP contribution in [-0.4, -0.2) is 49.3 Å². The number of rotatable bonds is 7. The van der Waals surface area contributed by atoms with Crippen molar-refractivity contribution in [3.05, 3.63) is 53.7 Å². The number of guanidine groups is 1. The van der Waals surface area contributed by atoms with E-state index in [1.807, 2.05) is 24.4 Å². The van der Waals surface area contributed by atoms with Gasteiger partial charge in [0.1, 0.15) is 17.7 Å². The van der Waals surface area contributed by atoms with E-state index in [4.69, 9.17) is 9.73 Å². The molecule has 2 N–H and O–H groups in total. The van der Waals surface area contributed by atoms with Crippen LogP contribution in [-0.2, 0) is 0 Å². The van der Waals surface area contributed by atoms with Crippen molar-refractivity contribution in [1.82, 2.24) is 15.6 Å². The lowest BCUT2D eigenvalue weighted by molar-refractivity contribution is 0.228. The van der Waals surface area contributed by atoms with Gasteiger partial charge in [0, 0.05) is 31.9 Å². The number of hydrogen-bond donors (Lipinski definition) is 2. The van der Waals surface area contributed by atoms with Crippen LogP contribution in [0.25, 0.3) is 0 Å². The molecule has 0 saturated carbocycles. The highest BCUT2D eigenvalue weighted by atomic mass is 127. The first kappa shape index (κ1) is 25.2. The Morgan fingerprint density at radius 2 is 1.94 bits per heavy atom. The molecule has 1 unspecified atom stereocenters. The number of benzene rings is 1. The van der Waals surface area contributed by atoms with Gasteiger partial charge >= 0.3 is 0 Å². The fourth-order valence-electron chi connectivity index (χ4n) is 3.58. The topological polar surface area (TPSA) is 61.8 Å². The lowest BCUT2D eigenvalue weighted by atomic mass is 10.1. The fourth-order valence-corrected chi connectivity index (χ4v) is 3.58. The molecule has 2 heterocycles. The van der Waals surface area contributed by atoms with Gasteiger partial charge in [0.2, 0.25) is 0 Å². The summed E-state index contributed by atoms with van der Waals surface area (Å²) in [5.74, 6) is 2.86. The molecule has 0 amide bonds. The van der Waals surface area contributed by atoms with Gasteiger partial charge in [-0.05, 0) is 63.8 Å². The average Bonchev–Trinajstić information content (AvgIpc) is 2.75. The summed E-state index contributed by atoms with van der Waals surface area (Å²) in [5, 5.41) is 6.97. The number of piperidine rings is 1. The van der Waals surface area contributed by atoms with Gasteiger partial charge < -0.3 is 20.3 Å². The Hall–Kier alpha value is -2.03. The monoisotopic (exact) mass is 537 g/mol. The van der Waals surface area contributed by atoms with Crippen LogP contribution in [0.4, 0.5) is 5.82 Å². The SMILES string of the molecule is CCNC(=NCC(C)Oc1ccccc1C)NC1CCN(c2ccc(C)cn2)CC1.I. The Balaban J connectivity index is 0.00000341. The summed E-state index contributed by atoms with van der Waals surface area (Å²) in [5.41, 5.74) is 2.34. The number of hydrogen-bond acceptors (Lipinski definition) is 4. The van der Waals surface area contributed by atoms with Crippen molar-refractivity contribution in [3.63, 3.8) is 0 Å². The molecule has 1 aliphatic heterocycles. The maximum Gasteiger partial charge on any atom is 0.191 e. The first-order valence-electron chi connectivity index (χ1n) is 11.0. The molecule has 1 aliphatic rings. The van der Waals surface area contributed by atoms with Crippen LogP contribution in [0, 0.1) is 13.8 Å². The van der Waals surface area contributed by atoms with Gasteiger partial charge in [-0.2, -0.15) is 0 Å². The van der Waals surface area contributed by atoms with Crippen LogP contribution >= 0.6 is 24.0 Å². The molecule has 0 aliphatic carbocycles. The highest BCUT2D eigenvalue weighted by Crippen LogP contribution is 2.19. The lowest BCUT2D eigenvalue weighted by Crippen LogP contribution is -2.49. The Morgan fingerprint density at radius 3 is 2.58 bits per heavy atom. The number of anilines is 1. The number of aryl methyl sites for hydroxylation is 2. The molecule has 0 radical (unpaired) electrons. The third kappa shape index (κ3) is 7.87. The molecule has 1 atom stereocenters. The van der Waals surface area contributed by atoms with Gasteiger partial charge in [0.05, 0.1) is 6.54 Å². The van der Waals surface area contributed by atoms with Gasteiger partial charge in [-0.3, -0.25) is 0 Å². The van der Waals surface area contributed by atoms with Crippen LogP contribution in [0.5, 0.6) is 5.75 Å². The van der Waals surface area contributed by atoms with Gasteiger partial charge in [-0.25, -0.2) is 9.98 Å². The molecular weight excluding hydrogens is 501 g/mol. The predicted octanol–water partition coefficient (Wildman–Crippen LogP) is 4.31. The summed E-state index contributed by atoms with van der Waals surface area (Å²) in [7, 11) is 0. The van der Waals surface area contributed by atoms with Gasteiger partial charge in [0.15, 0.2) is 5.96 Å². The van der Waals surface area contributed by atoms with E-state index in [0.717, 1.165) is 55.6 Å². The van der Waals surface area contributed by atoms with E-state index >= 15 is 0 Å². The predicted molar refractivity (Wildman–Crippen MR) is 140 cm³/mol. The summed E-state index contributed by atoms with van der Waals surface area (Å²) in [6, 6.07) is 12.8. The van der Waals surface area contributed by atoms with E-state index in [0.29, 0.717) is 12.6 Å². The van der Waals surface area contributed by atoms with E-state index < -0.39 is 0 Å². The van der Waals surface area contributed by atoms with Crippen molar-refractivity contribution in [2.75, 3.05) is 31.1 Å². The van der Waals surface area contributed by atoms with Gasteiger partial charge in [-0.1, -0.05) is 24.3 Å². The molecule has 3 rings (SSSR count). The van der Waals surface area contributed by atoms with E-state index in [2.05, 4.69) is 66.4 Å². The highest BCUT2D eigenvalue weighted by Gasteiger charge is 2.21. The smallest absolute Gasteiger partial charge is 0.191 e. The highest BCUT2D eigenvalue weighted by molar-refractivity contribution is 14.0. The standard InChI is InChI=1S/C24H35N5O.HI/c1-5-25-24(27-17-20(4)30-22-9-7-6-8-19(22)3)28-21-12-14-29(15-13-21)23-11-10-18(2)16-26-23;/h6-11,16,20-21H,5,12-15,17H2,1-4H3,(H2,25,27,28);1H. The zero-order valence-electron chi connectivity index (χ0n) is 19.1. The number of nitrogens with one attached hydrogen (secondary N) is 2. The minimum absolute atomic E-state index is 0. The number of para-hydroxylation sites is 1. The second-order valence-corrected chi connectivity index (χ2v) is 8.01. The van der Waals surface area contributed by atoms with Crippen molar-refractivity contribution < 1.29 is 4.74 Å². The Labute approximate surface area is 203 Å². The number of aromatic nitrogens is 1. The van der Waals surface area contributed by atoms with E-state index in [-0.39, 0.29) is 30.1 Å². The molecule has 6 nitrogen and oxygen atoms in total. The molecule has 7 heteroatoms. The summed E-state index contributed by atoms with van der Waals surface area (Å²) < 4.78 is 6.06. The summed E-state index contributed by atoms with van der Waals surface area (Å²) in [4.78, 5) is 11.7. The van der Waals surface area contributed by atoms with Crippen LogP contribution in [0.1, 0.15) is 37.8 Å². The number of pyridine rings is 1. The quantitative estimate of drug-likeness (QED) is 0.313. The summed E-state index contributed by atoms with van der Waals surface area (Å²) in [6.45, 7) is 11.7. The number of nitrogens with zero attached hydrogens (tertiary/aromatic N) is 3. The van der Waals surface area contributed by atoms with Crippen molar-refractivity contribution in [2.45, 2.75) is 52.7 Å². The molecule has 1 fully saturated rings. The van der Waals surface area contributed by atoms with Crippen molar-refractivity contribution in [1.29, 1.82) is 0 Å². The zero-order chi connectivity index (χ0) is 21.3. The molecule has 1 saturated heterocycles. The molecule has 1 aromatic heterocycles. The molecular formula is C24H36IN5O. The van der Waals surface area contributed by atoms with Crippen molar-refractivity contribution in [2.24, 2.45) is 4.99 Å². The molecule has 170 valence electrons. The van der Waals surface area contributed by atoms with Crippen molar-refractivity contribution >= 4 is 35.8 Å². The maximum absolute atomic E-state index is 6.06. The maximum atomic E-state index is 6.06. The number of aliphatic imine (C=N–C) groups is 1. The van der Waals surface area contributed by atoms with E-state index in [1.165, 1.54) is 5.56 Å². The molecule has 1 aromatic carbocycles. The zero-order valence-corrected chi connectivity index (χ0v) is 21.4. The van der Waals surface area contributed by atoms with E-state index in [1.54, 1.807) is 0 Å². The molecule has 31 heavy (non-hydrogen) atoms. The normalized spacial score (nSPS) is 15.7. The lowest BCUT2D eigenvalue weighted by Gasteiger charge is -2.34.